The number of pyridine rings is 1. The van der Waals surface area contributed by atoms with Gasteiger partial charge in [0.1, 0.15) is 11.6 Å². The monoisotopic (exact) mass is 258 g/mol. The van der Waals surface area contributed by atoms with Crippen molar-refractivity contribution in [3.05, 3.63) is 58.5 Å². The highest BCUT2D eigenvalue weighted by Crippen LogP contribution is 2.14. The first-order valence-corrected chi connectivity index (χ1v) is 6.58. The van der Waals surface area contributed by atoms with Gasteiger partial charge in [0.15, 0.2) is 0 Å². The summed E-state index contributed by atoms with van der Waals surface area (Å²) in [5.74, 6) is 0.384. The lowest BCUT2D eigenvalue weighted by molar-refractivity contribution is 0.622. The van der Waals surface area contributed by atoms with Gasteiger partial charge in [0.25, 0.3) is 0 Å². The van der Waals surface area contributed by atoms with Crippen LogP contribution in [0.2, 0.25) is 0 Å². The van der Waals surface area contributed by atoms with E-state index in [0.717, 1.165) is 41.6 Å². The number of nitrogens with zero attached hydrogens (tertiary/aromatic N) is 1. The fourth-order valence-corrected chi connectivity index (χ4v) is 2.23. The van der Waals surface area contributed by atoms with Gasteiger partial charge in [-0.15, -0.1) is 0 Å². The van der Waals surface area contributed by atoms with Crippen molar-refractivity contribution in [2.75, 3.05) is 5.73 Å². The predicted molar refractivity (Wildman–Crippen MR) is 76.6 cm³/mol. The number of hydrogen-bond acceptors (Lipinski definition) is 2. The van der Waals surface area contributed by atoms with Crippen molar-refractivity contribution < 1.29 is 4.39 Å². The van der Waals surface area contributed by atoms with E-state index in [0.29, 0.717) is 5.82 Å². The smallest absolute Gasteiger partial charge is 0.123 e. The average molecular weight is 258 g/mol. The Labute approximate surface area is 113 Å². The molecule has 2 aromatic rings. The molecule has 19 heavy (non-hydrogen) atoms. The first kappa shape index (κ1) is 13.5. The molecule has 100 valence electrons. The third kappa shape index (κ3) is 3.78. The number of benzene rings is 1. The summed E-state index contributed by atoms with van der Waals surface area (Å²) >= 11 is 0. The summed E-state index contributed by atoms with van der Waals surface area (Å²) in [6.07, 6.45) is 2.40. The van der Waals surface area contributed by atoms with Crippen LogP contribution in [0.15, 0.2) is 30.3 Å². The molecule has 0 aliphatic carbocycles. The quantitative estimate of drug-likeness (QED) is 0.912. The van der Waals surface area contributed by atoms with E-state index >= 15 is 0 Å². The van der Waals surface area contributed by atoms with Crippen molar-refractivity contribution in [2.45, 2.75) is 33.1 Å². The normalized spacial score (nSPS) is 10.7. The molecule has 1 aromatic carbocycles. The lowest BCUT2D eigenvalue weighted by Crippen LogP contribution is -2.00. The van der Waals surface area contributed by atoms with Gasteiger partial charge in [-0.3, -0.25) is 0 Å². The van der Waals surface area contributed by atoms with E-state index < -0.39 is 0 Å². The van der Waals surface area contributed by atoms with Crippen LogP contribution in [0.1, 0.15) is 29.3 Å². The van der Waals surface area contributed by atoms with E-state index in [-0.39, 0.29) is 5.82 Å². The Bertz CT molecular complexity index is 559. The first-order chi connectivity index (χ1) is 9.06. The SMILES string of the molecule is CCc1cc(F)cc(CCc2cc(C)cc(N)n2)c1. The van der Waals surface area contributed by atoms with E-state index in [2.05, 4.69) is 11.1 Å². The summed E-state index contributed by atoms with van der Waals surface area (Å²) in [6.45, 7) is 4.03. The van der Waals surface area contributed by atoms with Gasteiger partial charge in [-0.2, -0.15) is 0 Å². The van der Waals surface area contributed by atoms with Gasteiger partial charge in [0.2, 0.25) is 0 Å². The number of nitrogen functional groups attached to an aromatic ring is 1. The molecule has 2 N–H and O–H groups in total. The molecule has 0 aliphatic heterocycles. The Hall–Kier alpha value is -1.90. The van der Waals surface area contributed by atoms with Crippen molar-refractivity contribution in [1.82, 2.24) is 4.98 Å². The standard InChI is InChI=1S/C16H19FN2/c1-3-12-8-13(10-14(17)9-12)4-5-15-6-11(2)7-16(18)19-15/h6-10H,3-5H2,1-2H3,(H2,18,19). The zero-order chi connectivity index (χ0) is 13.8. The molecule has 2 rings (SSSR count). The summed E-state index contributed by atoms with van der Waals surface area (Å²) in [5, 5.41) is 0. The van der Waals surface area contributed by atoms with Crippen LogP contribution in [0.25, 0.3) is 0 Å². The Morgan fingerprint density at radius 2 is 1.79 bits per heavy atom. The molecule has 0 atom stereocenters. The van der Waals surface area contributed by atoms with Crippen LogP contribution < -0.4 is 5.73 Å². The molecule has 0 amide bonds. The number of nitrogens with two attached hydrogens (primary N) is 1. The highest BCUT2D eigenvalue weighted by atomic mass is 19.1. The van der Waals surface area contributed by atoms with E-state index in [1.165, 1.54) is 0 Å². The largest absolute Gasteiger partial charge is 0.384 e. The topological polar surface area (TPSA) is 38.9 Å². The molecule has 0 spiro atoms. The van der Waals surface area contributed by atoms with Crippen molar-refractivity contribution >= 4 is 5.82 Å². The maximum Gasteiger partial charge on any atom is 0.123 e. The number of rotatable bonds is 4. The molecule has 0 radical (unpaired) electrons. The second-order valence-corrected chi connectivity index (χ2v) is 4.88. The molecule has 0 saturated carbocycles. The van der Waals surface area contributed by atoms with E-state index in [1.807, 2.05) is 26.0 Å². The first-order valence-electron chi connectivity index (χ1n) is 6.58. The minimum atomic E-state index is -0.161. The molecule has 0 aliphatic rings. The highest BCUT2D eigenvalue weighted by Gasteiger charge is 2.03. The summed E-state index contributed by atoms with van der Waals surface area (Å²) in [4.78, 5) is 4.30. The Morgan fingerprint density at radius 1 is 1.05 bits per heavy atom. The van der Waals surface area contributed by atoms with E-state index in [9.17, 15) is 4.39 Å². The molecule has 0 unspecified atom stereocenters. The predicted octanol–water partition coefficient (Wildman–Crippen LogP) is 3.46. The summed E-state index contributed by atoms with van der Waals surface area (Å²) < 4.78 is 13.4. The fraction of sp³-hybridized carbons (Fsp3) is 0.312. The number of aromatic nitrogens is 1. The van der Waals surface area contributed by atoms with Crippen LogP contribution >= 0.6 is 0 Å². The third-order valence-corrected chi connectivity index (χ3v) is 3.14. The molecular weight excluding hydrogens is 239 g/mol. The Balaban J connectivity index is 2.11. The lowest BCUT2D eigenvalue weighted by atomic mass is 10.0. The minimum absolute atomic E-state index is 0.161. The van der Waals surface area contributed by atoms with Crippen LogP contribution in [0, 0.1) is 12.7 Å². The molecule has 0 fully saturated rings. The number of anilines is 1. The van der Waals surface area contributed by atoms with Crippen LogP contribution in [0.5, 0.6) is 0 Å². The molecule has 3 heteroatoms. The van der Waals surface area contributed by atoms with E-state index in [4.69, 9.17) is 5.73 Å². The van der Waals surface area contributed by atoms with Crippen molar-refractivity contribution in [2.24, 2.45) is 0 Å². The summed E-state index contributed by atoms with van der Waals surface area (Å²) in [6, 6.07) is 9.12. The molecular formula is C16H19FN2. The summed E-state index contributed by atoms with van der Waals surface area (Å²) in [7, 11) is 0. The molecule has 0 saturated heterocycles. The maximum atomic E-state index is 13.4. The zero-order valence-corrected chi connectivity index (χ0v) is 11.4. The molecule has 0 bridgehead atoms. The number of aryl methyl sites for hydroxylation is 4. The fourth-order valence-electron chi connectivity index (χ4n) is 2.23. The molecule has 1 aromatic heterocycles. The maximum absolute atomic E-state index is 13.4. The average Bonchev–Trinajstić information content (AvgIpc) is 2.34. The number of halogens is 1. The van der Waals surface area contributed by atoms with Crippen molar-refractivity contribution in [3.8, 4) is 0 Å². The van der Waals surface area contributed by atoms with Gasteiger partial charge in [-0.25, -0.2) is 9.37 Å². The number of hydrogen-bond donors (Lipinski definition) is 1. The van der Waals surface area contributed by atoms with Gasteiger partial charge in [0.05, 0.1) is 0 Å². The highest BCUT2D eigenvalue weighted by molar-refractivity contribution is 5.34. The second kappa shape index (κ2) is 5.83. The minimum Gasteiger partial charge on any atom is -0.384 e. The van der Waals surface area contributed by atoms with Gasteiger partial charge in [-0.05, 0) is 67.1 Å². The Morgan fingerprint density at radius 3 is 2.47 bits per heavy atom. The van der Waals surface area contributed by atoms with Gasteiger partial charge in [-0.1, -0.05) is 13.0 Å². The lowest BCUT2D eigenvalue weighted by Gasteiger charge is -2.06. The van der Waals surface area contributed by atoms with Gasteiger partial charge >= 0.3 is 0 Å². The van der Waals surface area contributed by atoms with Crippen molar-refractivity contribution in [1.29, 1.82) is 0 Å². The van der Waals surface area contributed by atoms with Crippen LogP contribution in [0.4, 0.5) is 10.2 Å². The molecule has 2 nitrogen and oxygen atoms in total. The summed E-state index contributed by atoms with van der Waals surface area (Å²) in [5.41, 5.74) is 9.84. The van der Waals surface area contributed by atoms with Crippen LogP contribution in [-0.4, -0.2) is 4.98 Å². The van der Waals surface area contributed by atoms with Crippen LogP contribution in [0.3, 0.4) is 0 Å². The van der Waals surface area contributed by atoms with Gasteiger partial charge < -0.3 is 5.73 Å². The second-order valence-electron chi connectivity index (χ2n) is 4.88. The van der Waals surface area contributed by atoms with Crippen molar-refractivity contribution in [3.63, 3.8) is 0 Å². The Kier molecular flexibility index (Phi) is 4.15. The van der Waals surface area contributed by atoms with Crippen LogP contribution in [-0.2, 0) is 19.3 Å². The van der Waals surface area contributed by atoms with E-state index in [1.54, 1.807) is 12.1 Å². The zero-order valence-electron chi connectivity index (χ0n) is 11.4. The molecule has 1 heterocycles. The van der Waals surface area contributed by atoms with Gasteiger partial charge in [0, 0.05) is 5.69 Å². The third-order valence-electron chi connectivity index (χ3n) is 3.14.